The average Bonchev–Trinajstić information content (AvgIpc) is 3.35. The van der Waals surface area contributed by atoms with Crippen LogP contribution >= 0.6 is 12.4 Å². The van der Waals surface area contributed by atoms with Gasteiger partial charge in [0.25, 0.3) is 0 Å². The summed E-state index contributed by atoms with van der Waals surface area (Å²) in [6.45, 7) is 6.41. The van der Waals surface area contributed by atoms with E-state index in [2.05, 4.69) is 47.5 Å². The topological polar surface area (TPSA) is 118 Å². The largest absolute Gasteiger partial charge is 0.457 e. The molecule has 190 valence electrons. The van der Waals surface area contributed by atoms with Crippen molar-refractivity contribution in [3.05, 3.63) is 60.7 Å². The summed E-state index contributed by atoms with van der Waals surface area (Å²) in [6, 6.07) is 6.83. The number of ether oxygens (including phenoxy) is 1. The van der Waals surface area contributed by atoms with Crippen LogP contribution in [0.5, 0.6) is 11.5 Å². The molecular formula is C24H24ClFN10O. The van der Waals surface area contributed by atoms with Crippen molar-refractivity contribution in [2.24, 2.45) is 0 Å². The highest BCUT2D eigenvalue weighted by Crippen LogP contribution is 2.32. The number of aryl methyl sites for hydroxylation is 1. The molecule has 2 N–H and O–H groups in total. The number of nitrogens with one attached hydrogen (secondary N) is 2. The molecule has 0 radical (unpaired) electrons. The molecule has 11 nitrogen and oxygen atoms in total. The van der Waals surface area contributed by atoms with Crippen molar-refractivity contribution < 1.29 is 9.13 Å². The minimum atomic E-state index is -0.490. The predicted molar refractivity (Wildman–Crippen MR) is 140 cm³/mol. The molecule has 0 spiro atoms. The van der Waals surface area contributed by atoms with Gasteiger partial charge in [-0.05, 0) is 31.5 Å². The Hall–Kier alpha value is -4.16. The van der Waals surface area contributed by atoms with Gasteiger partial charge in [-0.25, -0.2) is 33.8 Å². The summed E-state index contributed by atoms with van der Waals surface area (Å²) in [4.78, 5) is 24.1. The summed E-state index contributed by atoms with van der Waals surface area (Å²) >= 11 is 0. The third-order valence-electron chi connectivity index (χ3n) is 6.01. The van der Waals surface area contributed by atoms with Gasteiger partial charge in [-0.15, -0.1) is 12.4 Å². The summed E-state index contributed by atoms with van der Waals surface area (Å²) in [5.41, 5.74) is 2.72. The number of hydrogen-bond acceptors (Lipinski definition) is 10. The Labute approximate surface area is 217 Å². The van der Waals surface area contributed by atoms with E-state index in [0.29, 0.717) is 46.0 Å². The van der Waals surface area contributed by atoms with Crippen molar-refractivity contribution >= 4 is 46.5 Å². The normalized spacial score (nSPS) is 15.5. The van der Waals surface area contributed by atoms with E-state index in [1.165, 1.54) is 18.7 Å². The molecular weight excluding hydrogens is 499 g/mol. The Kier molecular flexibility index (Phi) is 6.68. The van der Waals surface area contributed by atoms with Crippen LogP contribution in [0.2, 0.25) is 0 Å². The van der Waals surface area contributed by atoms with Gasteiger partial charge in [-0.2, -0.15) is 5.10 Å². The Balaban J connectivity index is 0.00000280. The van der Waals surface area contributed by atoms with Crippen molar-refractivity contribution in [1.82, 2.24) is 39.9 Å². The number of fused-ring (bicyclic) bond motifs is 2. The van der Waals surface area contributed by atoms with Crippen LogP contribution in [-0.2, 0) is 0 Å². The number of anilines is 3. The number of nitrogens with zero attached hydrogens (tertiary/aromatic N) is 8. The first kappa shape index (κ1) is 24.5. The monoisotopic (exact) mass is 522 g/mol. The van der Waals surface area contributed by atoms with E-state index in [-0.39, 0.29) is 18.1 Å². The molecule has 37 heavy (non-hydrogen) atoms. The summed E-state index contributed by atoms with van der Waals surface area (Å²) in [6.07, 6.45) is 6.27. The average molecular weight is 523 g/mol. The van der Waals surface area contributed by atoms with Crippen LogP contribution in [0.25, 0.3) is 16.7 Å². The molecule has 1 aliphatic rings. The van der Waals surface area contributed by atoms with Crippen LogP contribution in [0.4, 0.5) is 21.8 Å². The van der Waals surface area contributed by atoms with E-state index in [9.17, 15) is 0 Å². The highest BCUT2D eigenvalue weighted by molar-refractivity contribution is 5.87. The van der Waals surface area contributed by atoms with Crippen molar-refractivity contribution in [2.45, 2.75) is 19.9 Å². The maximum atomic E-state index is 15.2. The van der Waals surface area contributed by atoms with Crippen molar-refractivity contribution in [3.63, 3.8) is 0 Å². The molecule has 0 aliphatic carbocycles. The lowest BCUT2D eigenvalue weighted by atomic mass is 10.2. The van der Waals surface area contributed by atoms with Crippen molar-refractivity contribution in [2.75, 3.05) is 29.9 Å². The minimum Gasteiger partial charge on any atom is -0.457 e. The summed E-state index contributed by atoms with van der Waals surface area (Å²) in [7, 11) is 0. The maximum absolute atomic E-state index is 15.2. The number of aromatic nitrogens is 7. The standard InChI is InChI=1S/C24H23FN10O.ClH/c1-14-7-18(17(25)9-20(14)36-16-3-5-35-21(8-16)29-13-31-35)32-23-22-19(28-12-30-23)10-27-24(33-22)34-6-4-26-15(2)11-34;/h3,5,7-10,12-13,15,26H,4,6,11H2,1-2H3,(H,28,30,32);1H/t15-;/m1./s1. The van der Waals surface area contributed by atoms with Gasteiger partial charge in [0.15, 0.2) is 11.5 Å². The first-order valence-electron chi connectivity index (χ1n) is 11.5. The fourth-order valence-corrected chi connectivity index (χ4v) is 4.19. The Morgan fingerprint density at radius 2 is 2.03 bits per heavy atom. The van der Waals surface area contributed by atoms with Gasteiger partial charge < -0.3 is 20.3 Å². The summed E-state index contributed by atoms with van der Waals surface area (Å²) in [5, 5.41) is 10.6. The molecule has 6 rings (SSSR count). The second kappa shape index (κ2) is 10.1. The molecule has 0 saturated carbocycles. The van der Waals surface area contributed by atoms with Gasteiger partial charge in [0.1, 0.15) is 41.0 Å². The van der Waals surface area contributed by atoms with Crippen LogP contribution in [0.3, 0.4) is 0 Å². The molecule has 0 bridgehead atoms. The molecule has 1 fully saturated rings. The number of rotatable bonds is 5. The van der Waals surface area contributed by atoms with Crippen LogP contribution in [0, 0.1) is 12.7 Å². The molecule has 1 aliphatic heterocycles. The van der Waals surface area contributed by atoms with Crippen molar-refractivity contribution in [1.29, 1.82) is 0 Å². The Morgan fingerprint density at radius 3 is 2.89 bits per heavy atom. The third kappa shape index (κ3) is 4.93. The second-order valence-corrected chi connectivity index (χ2v) is 8.68. The van der Waals surface area contributed by atoms with E-state index in [1.807, 2.05) is 6.92 Å². The maximum Gasteiger partial charge on any atom is 0.226 e. The first-order valence-corrected chi connectivity index (χ1v) is 11.5. The van der Waals surface area contributed by atoms with E-state index in [0.717, 1.165) is 25.2 Å². The number of hydrogen-bond donors (Lipinski definition) is 2. The molecule has 5 aromatic rings. The zero-order valence-electron chi connectivity index (χ0n) is 20.1. The predicted octanol–water partition coefficient (Wildman–Crippen LogP) is 3.67. The third-order valence-corrected chi connectivity index (χ3v) is 6.01. The molecule has 0 amide bonds. The van der Waals surface area contributed by atoms with Crippen molar-refractivity contribution in [3.8, 4) is 11.5 Å². The van der Waals surface area contributed by atoms with Gasteiger partial charge in [0, 0.05) is 44.0 Å². The smallest absolute Gasteiger partial charge is 0.226 e. The lowest BCUT2D eigenvalue weighted by molar-refractivity contribution is 0.473. The van der Waals surface area contributed by atoms with Crippen LogP contribution < -0.4 is 20.3 Å². The van der Waals surface area contributed by atoms with Gasteiger partial charge in [-0.1, -0.05) is 0 Å². The zero-order chi connectivity index (χ0) is 24.6. The first-order chi connectivity index (χ1) is 17.5. The molecule has 1 aromatic carbocycles. The van der Waals surface area contributed by atoms with E-state index < -0.39 is 5.82 Å². The highest BCUT2D eigenvalue weighted by atomic mass is 35.5. The van der Waals surface area contributed by atoms with E-state index >= 15 is 4.39 Å². The lowest BCUT2D eigenvalue weighted by Gasteiger charge is -2.31. The molecule has 1 atom stereocenters. The fourth-order valence-electron chi connectivity index (χ4n) is 4.19. The summed E-state index contributed by atoms with van der Waals surface area (Å²) < 4.78 is 22.7. The molecule has 4 aromatic heterocycles. The number of pyridine rings is 1. The van der Waals surface area contributed by atoms with Gasteiger partial charge >= 0.3 is 0 Å². The number of benzene rings is 1. The van der Waals surface area contributed by atoms with Crippen LogP contribution in [-0.4, -0.2) is 60.2 Å². The molecule has 13 heteroatoms. The van der Waals surface area contributed by atoms with Gasteiger partial charge in [-0.3, -0.25) is 0 Å². The van der Waals surface area contributed by atoms with Crippen LogP contribution in [0.1, 0.15) is 12.5 Å². The fraction of sp³-hybridized carbons (Fsp3) is 0.250. The highest BCUT2D eigenvalue weighted by Gasteiger charge is 2.20. The van der Waals surface area contributed by atoms with Gasteiger partial charge in [0.2, 0.25) is 5.95 Å². The molecule has 1 saturated heterocycles. The molecule has 0 unspecified atom stereocenters. The lowest BCUT2D eigenvalue weighted by Crippen LogP contribution is -2.49. The second-order valence-electron chi connectivity index (χ2n) is 8.68. The molecule has 5 heterocycles. The Bertz CT molecular complexity index is 1580. The summed E-state index contributed by atoms with van der Waals surface area (Å²) in [5.74, 6) is 1.43. The number of halogens is 2. The zero-order valence-corrected chi connectivity index (χ0v) is 20.9. The quantitative estimate of drug-likeness (QED) is 0.354. The number of piperazine rings is 1. The van der Waals surface area contributed by atoms with Gasteiger partial charge in [0.05, 0.1) is 11.9 Å². The minimum absolute atomic E-state index is 0. The van der Waals surface area contributed by atoms with Crippen LogP contribution in [0.15, 0.2) is 49.3 Å². The van der Waals surface area contributed by atoms with E-state index in [1.54, 1.807) is 35.1 Å². The SMILES string of the molecule is Cc1cc(Nc2ncnc3cnc(N4CCN[C@H](C)C4)nc23)c(F)cc1Oc1ccn2ncnc2c1.Cl. The Morgan fingerprint density at radius 1 is 1.14 bits per heavy atom. The van der Waals surface area contributed by atoms with E-state index in [4.69, 9.17) is 9.72 Å².